The lowest BCUT2D eigenvalue weighted by Gasteiger charge is -2.39. The molecule has 0 aromatic heterocycles. The lowest BCUT2D eigenvalue weighted by molar-refractivity contribution is -0.188. The fourth-order valence-corrected chi connectivity index (χ4v) is 3.59. The summed E-state index contributed by atoms with van der Waals surface area (Å²) in [6.07, 6.45) is 4.90. The third-order valence-electron chi connectivity index (χ3n) is 5.74. The molecule has 0 bridgehead atoms. The van der Waals surface area contributed by atoms with Crippen LogP contribution in [0.4, 0.5) is 0 Å². The molecule has 0 aliphatic heterocycles. The van der Waals surface area contributed by atoms with E-state index in [1.807, 2.05) is 13.8 Å². The summed E-state index contributed by atoms with van der Waals surface area (Å²) in [6.45, 7) is 13.9. The number of carbonyl (C=O) groups excluding carboxylic acids is 4. The van der Waals surface area contributed by atoms with Gasteiger partial charge >= 0.3 is 23.9 Å². The van der Waals surface area contributed by atoms with Crippen LogP contribution in [0.25, 0.3) is 0 Å². The molecule has 0 spiro atoms. The Morgan fingerprint density at radius 1 is 0.733 bits per heavy atom. The smallest absolute Gasteiger partial charge is 0.331 e. The molecule has 0 aromatic carbocycles. The molecule has 0 atom stereocenters. The zero-order valence-corrected chi connectivity index (χ0v) is 20.1. The van der Waals surface area contributed by atoms with Crippen molar-refractivity contribution in [1.29, 1.82) is 0 Å². The molecule has 30 heavy (non-hydrogen) atoms. The van der Waals surface area contributed by atoms with Crippen LogP contribution in [-0.4, -0.2) is 23.9 Å². The van der Waals surface area contributed by atoms with Gasteiger partial charge < -0.3 is 9.47 Å². The second-order valence-corrected chi connectivity index (χ2v) is 11.1. The first-order valence-electron chi connectivity index (χ1n) is 11.2. The van der Waals surface area contributed by atoms with Gasteiger partial charge in [-0.3, -0.25) is 19.2 Å². The molecule has 1 rings (SSSR count). The molecular weight excluding hydrogens is 384 g/mol. The van der Waals surface area contributed by atoms with Crippen molar-refractivity contribution in [3.63, 3.8) is 0 Å². The van der Waals surface area contributed by atoms with Crippen molar-refractivity contribution in [3.05, 3.63) is 0 Å². The Labute approximate surface area is 181 Å². The quantitative estimate of drug-likeness (QED) is 0.429. The zero-order chi connectivity index (χ0) is 23.3. The van der Waals surface area contributed by atoms with Gasteiger partial charge in [0.05, 0.1) is 10.8 Å². The van der Waals surface area contributed by atoms with Crippen molar-refractivity contribution in [3.8, 4) is 0 Å². The lowest BCUT2D eigenvalue weighted by Crippen LogP contribution is -2.51. The Morgan fingerprint density at radius 2 is 1.13 bits per heavy atom. The molecule has 172 valence electrons. The van der Waals surface area contributed by atoms with Gasteiger partial charge in [0.25, 0.3) is 0 Å². The molecule has 0 saturated heterocycles. The molecule has 0 radical (unpaired) electrons. The maximum absolute atomic E-state index is 13.5. The van der Waals surface area contributed by atoms with E-state index < -0.39 is 40.1 Å². The van der Waals surface area contributed by atoms with Crippen molar-refractivity contribution in [2.45, 2.75) is 100 Å². The van der Waals surface area contributed by atoms with Crippen LogP contribution in [-0.2, 0) is 28.7 Å². The van der Waals surface area contributed by atoms with Crippen LogP contribution in [0.3, 0.4) is 0 Å². The topological polar surface area (TPSA) is 86.7 Å². The minimum Gasteiger partial charge on any atom is -0.392 e. The normalized spacial score (nSPS) is 16.3. The molecule has 1 aliphatic rings. The minimum absolute atomic E-state index is 0.196. The highest BCUT2D eigenvalue weighted by Crippen LogP contribution is 2.45. The van der Waals surface area contributed by atoms with Crippen molar-refractivity contribution in [1.82, 2.24) is 0 Å². The molecular formula is C24H40O6. The van der Waals surface area contributed by atoms with Crippen LogP contribution < -0.4 is 0 Å². The zero-order valence-electron chi connectivity index (χ0n) is 20.1. The summed E-state index contributed by atoms with van der Waals surface area (Å²) in [4.78, 5) is 51.9. The van der Waals surface area contributed by atoms with Gasteiger partial charge in [0.15, 0.2) is 5.41 Å². The maximum atomic E-state index is 13.5. The third kappa shape index (κ3) is 6.64. The van der Waals surface area contributed by atoms with Crippen molar-refractivity contribution in [2.75, 3.05) is 0 Å². The van der Waals surface area contributed by atoms with E-state index in [4.69, 9.17) is 9.47 Å². The van der Waals surface area contributed by atoms with E-state index in [2.05, 4.69) is 0 Å². The molecule has 0 aromatic rings. The van der Waals surface area contributed by atoms with E-state index in [9.17, 15) is 19.2 Å². The fraction of sp³-hybridized carbons (Fsp3) is 0.833. The average molecular weight is 425 g/mol. The van der Waals surface area contributed by atoms with Gasteiger partial charge in [-0.1, -0.05) is 33.1 Å². The highest BCUT2D eigenvalue weighted by molar-refractivity contribution is 6.07. The van der Waals surface area contributed by atoms with Gasteiger partial charge in [0, 0.05) is 0 Å². The molecule has 6 heteroatoms. The molecule has 0 amide bonds. The lowest BCUT2D eigenvalue weighted by atomic mass is 9.65. The Balaban J connectivity index is 3.41. The Bertz CT molecular complexity index is 602. The maximum Gasteiger partial charge on any atom is 0.331 e. The van der Waals surface area contributed by atoms with Gasteiger partial charge in [-0.25, -0.2) is 0 Å². The summed E-state index contributed by atoms with van der Waals surface area (Å²) >= 11 is 0. The van der Waals surface area contributed by atoms with Crippen molar-refractivity contribution < 1.29 is 28.7 Å². The third-order valence-corrected chi connectivity index (χ3v) is 5.74. The first-order chi connectivity index (χ1) is 13.6. The summed E-state index contributed by atoms with van der Waals surface area (Å²) < 4.78 is 10.5. The number of hydrogen-bond donors (Lipinski definition) is 0. The standard InChI is InChI=1S/C24H40O6/c1-16(2)14-15-24(17-12-10-9-11-13-17,20(27)29-18(25)22(3,4)5)21(28)30-19(26)23(6,7)8/h16-17H,9-15H2,1-8H3. The predicted molar refractivity (Wildman–Crippen MR) is 114 cm³/mol. The number of ether oxygens (including phenoxy) is 2. The number of esters is 4. The van der Waals surface area contributed by atoms with Crippen LogP contribution >= 0.6 is 0 Å². The van der Waals surface area contributed by atoms with E-state index in [1.54, 1.807) is 41.5 Å². The Morgan fingerprint density at radius 3 is 1.47 bits per heavy atom. The van der Waals surface area contributed by atoms with Gasteiger partial charge in [0.1, 0.15) is 0 Å². The number of hydrogen-bond acceptors (Lipinski definition) is 6. The van der Waals surface area contributed by atoms with E-state index in [0.717, 1.165) is 19.3 Å². The molecule has 0 unspecified atom stereocenters. The molecule has 0 N–H and O–H groups in total. The monoisotopic (exact) mass is 424 g/mol. The van der Waals surface area contributed by atoms with E-state index in [0.29, 0.717) is 19.3 Å². The molecule has 1 saturated carbocycles. The first-order valence-corrected chi connectivity index (χ1v) is 11.2. The van der Waals surface area contributed by atoms with Crippen LogP contribution in [0.15, 0.2) is 0 Å². The first kappa shape index (κ1) is 26.3. The van der Waals surface area contributed by atoms with E-state index in [1.165, 1.54) is 0 Å². The molecule has 6 nitrogen and oxygen atoms in total. The summed E-state index contributed by atoms with van der Waals surface area (Å²) in [5.74, 6) is -3.21. The summed E-state index contributed by atoms with van der Waals surface area (Å²) in [7, 11) is 0. The largest absolute Gasteiger partial charge is 0.392 e. The summed E-state index contributed by atoms with van der Waals surface area (Å²) in [5, 5.41) is 0. The second kappa shape index (κ2) is 10.1. The predicted octanol–water partition coefficient (Wildman–Crippen LogP) is 5.22. The summed E-state index contributed by atoms with van der Waals surface area (Å²) in [6, 6.07) is 0. The second-order valence-electron chi connectivity index (χ2n) is 11.1. The highest BCUT2D eigenvalue weighted by atomic mass is 16.6. The molecule has 0 heterocycles. The molecule has 1 aliphatic carbocycles. The van der Waals surface area contributed by atoms with Gasteiger partial charge in [-0.15, -0.1) is 0 Å². The average Bonchev–Trinajstić information content (AvgIpc) is 2.61. The Kier molecular flexibility index (Phi) is 8.82. The number of rotatable bonds is 6. The highest BCUT2D eigenvalue weighted by Gasteiger charge is 2.56. The fourth-order valence-electron chi connectivity index (χ4n) is 3.59. The van der Waals surface area contributed by atoms with Gasteiger partial charge in [-0.2, -0.15) is 0 Å². The van der Waals surface area contributed by atoms with E-state index in [-0.39, 0.29) is 18.3 Å². The van der Waals surface area contributed by atoms with Crippen molar-refractivity contribution in [2.24, 2.45) is 28.1 Å². The van der Waals surface area contributed by atoms with Gasteiger partial charge in [-0.05, 0) is 79.1 Å². The SMILES string of the molecule is CC(C)CCC(C(=O)OC(=O)C(C)(C)C)(C(=O)OC(=O)C(C)(C)C)C1CCCCC1. The van der Waals surface area contributed by atoms with Crippen LogP contribution in [0.5, 0.6) is 0 Å². The van der Waals surface area contributed by atoms with E-state index >= 15 is 0 Å². The van der Waals surface area contributed by atoms with Crippen LogP contribution in [0, 0.1) is 28.1 Å². The Hall–Kier alpha value is -1.72. The van der Waals surface area contributed by atoms with Gasteiger partial charge in [0.2, 0.25) is 0 Å². The van der Waals surface area contributed by atoms with Crippen molar-refractivity contribution >= 4 is 23.9 Å². The molecule has 1 fully saturated rings. The summed E-state index contributed by atoms with van der Waals surface area (Å²) in [5.41, 5.74) is -3.43. The minimum atomic E-state index is -1.65. The number of carbonyl (C=O) groups is 4. The van der Waals surface area contributed by atoms with Crippen LogP contribution in [0.1, 0.15) is 100 Å². The van der Waals surface area contributed by atoms with Crippen LogP contribution in [0.2, 0.25) is 0 Å².